The number of unbranched alkanes of at least 4 members (excludes halogenated alkanes) is 41. The Balaban J connectivity index is 5.28. The molecule has 0 rings (SSSR count). The van der Waals surface area contributed by atoms with Gasteiger partial charge in [-0.15, -0.1) is 0 Å². The van der Waals surface area contributed by atoms with Crippen LogP contribution in [0.25, 0.3) is 0 Å². The fourth-order valence-electron chi connectivity index (χ4n) is 11.6. The summed E-state index contributed by atoms with van der Waals surface area (Å²) in [5, 5.41) is 10.6. The molecule has 7 atom stereocenters. The lowest BCUT2D eigenvalue weighted by atomic mass is 9.99. The molecular formula is C79H150O17P2. The number of phosphoric ester groups is 2. The molecule has 3 N–H and O–H groups in total. The highest BCUT2D eigenvalue weighted by Gasteiger charge is 2.30. The van der Waals surface area contributed by atoms with Gasteiger partial charge in [-0.3, -0.25) is 37.3 Å². The minimum absolute atomic E-state index is 0.102. The lowest BCUT2D eigenvalue weighted by molar-refractivity contribution is -0.161. The summed E-state index contributed by atoms with van der Waals surface area (Å²) in [6, 6.07) is 0. The monoisotopic (exact) mass is 1430 g/mol. The average molecular weight is 1430 g/mol. The van der Waals surface area contributed by atoms with Gasteiger partial charge in [0.1, 0.15) is 19.3 Å². The summed E-state index contributed by atoms with van der Waals surface area (Å²) in [5.74, 6) is -0.613. The predicted octanol–water partition coefficient (Wildman–Crippen LogP) is 23.1. The Kier molecular flexibility index (Phi) is 68.5. The third kappa shape index (κ3) is 69.3. The minimum atomic E-state index is -4.97. The van der Waals surface area contributed by atoms with Crippen LogP contribution in [0.3, 0.4) is 0 Å². The number of carbonyl (C=O) groups excluding carboxylic acids is 4. The fraction of sp³-hybridized carbons (Fsp3) is 0.899. The first kappa shape index (κ1) is 95.5. The summed E-state index contributed by atoms with van der Waals surface area (Å²) < 4.78 is 68.6. The first-order valence-electron chi connectivity index (χ1n) is 40.4. The minimum Gasteiger partial charge on any atom is -0.462 e. The van der Waals surface area contributed by atoms with Crippen molar-refractivity contribution in [1.29, 1.82) is 0 Å². The molecule has 98 heavy (non-hydrogen) atoms. The second-order valence-corrected chi connectivity index (χ2v) is 31.2. The van der Waals surface area contributed by atoms with Crippen LogP contribution in [0.4, 0.5) is 0 Å². The maximum absolute atomic E-state index is 13.1. The van der Waals surface area contributed by atoms with Gasteiger partial charge in [-0.25, -0.2) is 9.13 Å². The summed E-state index contributed by atoms with van der Waals surface area (Å²) in [6.07, 6.45) is 61.8. The van der Waals surface area contributed by atoms with E-state index in [1.165, 1.54) is 180 Å². The molecule has 0 bridgehead atoms. The highest BCUT2D eigenvalue weighted by molar-refractivity contribution is 7.47. The van der Waals surface area contributed by atoms with Crippen LogP contribution in [-0.4, -0.2) is 96.7 Å². The Morgan fingerprint density at radius 3 is 0.867 bits per heavy atom. The van der Waals surface area contributed by atoms with Gasteiger partial charge in [0.15, 0.2) is 12.2 Å². The molecule has 0 saturated heterocycles. The first-order chi connectivity index (χ1) is 47.4. The van der Waals surface area contributed by atoms with Crippen molar-refractivity contribution in [2.75, 3.05) is 39.6 Å². The van der Waals surface area contributed by atoms with E-state index < -0.39 is 97.5 Å². The number of aliphatic hydroxyl groups is 1. The molecule has 0 aliphatic rings. The van der Waals surface area contributed by atoms with Crippen LogP contribution < -0.4 is 0 Å². The molecule has 0 radical (unpaired) electrons. The lowest BCUT2D eigenvalue weighted by Gasteiger charge is -2.21. The standard InChI is InChI=1S/C79H150O17P2/c1-7-11-13-15-17-19-21-23-25-26-27-28-30-32-34-39-43-51-57-63-78(83)95-74(67-89-76(81)61-55-49-42-38-33-31-29-24-22-20-18-16-14-12-8-2)69-93-97(85,86)91-65-73(80)66-92-98(87,88)94-70-75(68-90-77(82)62-56-50-46-45-48-54-60-72(6)10-4)96-79(84)64-58-52-44-40-36-35-37-41-47-53-59-71(5)9-3/h20,22,24,29,71-75,80H,7-19,21,23,25-28,30-70H2,1-6H3,(H,85,86)(H,87,88)/b22-20-,29-24-/t71?,72?,73-,74-,75-/m1/s1. The van der Waals surface area contributed by atoms with Crippen LogP contribution in [0.1, 0.15) is 388 Å². The van der Waals surface area contributed by atoms with Gasteiger partial charge in [-0.2, -0.15) is 0 Å². The van der Waals surface area contributed by atoms with Crippen LogP contribution in [-0.2, 0) is 65.4 Å². The first-order valence-corrected chi connectivity index (χ1v) is 43.4. The molecule has 0 spiro atoms. The van der Waals surface area contributed by atoms with Crippen molar-refractivity contribution < 1.29 is 80.2 Å². The number of phosphoric acid groups is 2. The van der Waals surface area contributed by atoms with Gasteiger partial charge >= 0.3 is 39.5 Å². The van der Waals surface area contributed by atoms with Gasteiger partial charge in [0.25, 0.3) is 0 Å². The van der Waals surface area contributed by atoms with E-state index >= 15 is 0 Å². The van der Waals surface area contributed by atoms with E-state index in [4.69, 9.17) is 37.0 Å². The molecule has 0 fully saturated rings. The van der Waals surface area contributed by atoms with Crippen LogP contribution in [0.15, 0.2) is 24.3 Å². The van der Waals surface area contributed by atoms with Crippen LogP contribution >= 0.6 is 15.6 Å². The quantitative estimate of drug-likeness (QED) is 0.0169. The van der Waals surface area contributed by atoms with Crippen molar-refractivity contribution in [2.24, 2.45) is 11.8 Å². The predicted molar refractivity (Wildman–Crippen MR) is 400 cm³/mol. The molecule has 0 heterocycles. The molecule has 0 saturated carbocycles. The SMILES string of the molecule is CCCCCC/C=C\C=C/CCCCCCCC(=O)OC[C@H](COP(=O)(O)OC[C@@H](O)COP(=O)(O)OC[C@@H](COC(=O)CCCCCCCCC(C)CC)OC(=O)CCCCCCCCCCCCC(C)CC)OC(=O)CCCCCCCCCCCCCCCCCCCCC. The van der Waals surface area contributed by atoms with Gasteiger partial charge in [0.2, 0.25) is 0 Å². The molecular weight excluding hydrogens is 1280 g/mol. The van der Waals surface area contributed by atoms with Crippen LogP contribution in [0, 0.1) is 11.8 Å². The summed E-state index contributed by atoms with van der Waals surface area (Å²) >= 11 is 0. The fourth-order valence-corrected chi connectivity index (χ4v) is 13.2. The Bertz CT molecular complexity index is 1990. The van der Waals surface area contributed by atoms with E-state index in [-0.39, 0.29) is 25.7 Å². The number of aliphatic hydroxyl groups excluding tert-OH is 1. The van der Waals surface area contributed by atoms with Crippen molar-refractivity contribution in [3.8, 4) is 0 Å². The summed E-state index contributed by atoms with van der Waals surface area (Å²) in [6.45, 7) is 9.53. The summed E-state index contributed by atoms with van der Waals surface area (Å²) in [7, 11) is -9.93. The highest BCUT2D eigenvalue weighted by atomic mass is 31.2. The topological polar surface area (TPSA) is 237 Å². The zero-order valence-corrected chi connectivity index (χ0v) is 65.4. The Morgan fingerprint density at radius 1 is 0.327 bits per heavy atom. The van der Waals surface area contributed by atoms with Gasteiger partial charge < -0.3 is 33.8 Å². The second kappa shape index (κ2) is 70.2. The second-order valence-electron chi connectivity index (χ2n) is 28.3. The zero-order valence-electron chi connectivity index (χ0n) is 63.6. The lowest BCUT2D eigenvalue weighted by Crippen LogP contribution is -2.30. The average Bonchev–Trinajstić information content (AvgIpc) is 1.26. The molecule has 0 aliphatic carbocycles. The van der Waals surface area contributed by atoms with E-state index in [0.29, 0.717) is 25.7 Å². The van der Waals surface area contributed by atoms with E-state index in [9.17, 15) is 43.2 Å². The van der Waals surface area contributed by atoms with E-state index in [0.717, 1.165) is 127 Å². The molecule has 0 aromatic heterocycles. The maximum atomic E-state index is 13.1. The van der Waals surface area contributed by atoms with Crippen molar-refractivity contribution in [3.05, 3.63) is 24.3 Å². The van der Waals surface area contributed by atoms with E-state index in [2.05, 4.69) is 65.8 Å². The molecule has 0 aliphatic heterocycles. The van der Waals surface area contributed by atoms with E-state index in [1.54, 1.807) is 0 Å². The summed E-state index contributed by atoms with van der Waals surface area (Å²) in [5.41, 5.74) is 0. The summed E-state index contributed by atoms with van der Waals surface area (Å²) in [4.78, 5) is 72.9. The third-order valence-electron chi connectivity index (χ3n) is 18.6. The number of hydrogen-bond acceptors (Lipinski definition) is 15. The van der Waals surface area contributed by atoms with Gasteiger partial charge in [0, 0.05) is 25.7 Å². The smallest absolute Gasteiger partial charge is 0.462 e. The molecule has 4 unspecified atom stereocenters. The van der Waals surface area contributed by atoms with Crippen molar-refractivity contribution in [1.82, 2.24) is 0 Å². The number of allylic oxidation sites excluding steroid dienone is 4. The molecule has 19 heteroatoms. The van der Waals surface area contributed by atoms with Crippen molar-refractivity contribution >= 4 is 39.5 Å². The molecule has 0 aromatic carbocycles. The highest BCUT2D eigenvalue weighted by Crippen LogP contribution is 2.45. The van der Waals surface area contributed by atoms with Gasteiger partial charge in [0.05, 0.1) is 26.4 Å². The molecule has 17 nitrogen and oxygen atoms in total. The molecule has 0 amide bonds. The number of carbonyl (C=O) groups is 4. The number of rotatable bonds is 76. The number of esters is 4. The van der Waals surface area contributed by atoms with Gasteiger partial charge in [-0.05, 0) is 63.2 Å². The number of hydrogen-bond donors (Lipinski definition) is 3. The maximum Gasteiger partial charge on any atom is 0.472 e. The third-order valence-corrected chi connectivity index (χ3v) is 20.5. The Hall–Kier alpha value is -2.46. The van der Waals surface area contributed by atoms with Gasteiger partial charge in [-0.1, -0.05) is 336 Å². The van der Waals surface area contributed by atoms with E-state index in [1.807, 2.05) is 0 Å². The molecule has 578 valence electrons. The largest absolute Gasteiger partial charge is 0.472 e. The molecule has 0 aromatic rings. The number of ether oxygens (including phenoxy) is 4. The Labute approximate surface area is 599 Å². The Morgan fingerprint density at radius 2 is 0.571 bits per heavy atom. The normalized spacial score (nSPS) is 14.7. The van der Waals surface area contributed by atoms with Crippen molar-refractivity contribution in [2.45, 2.75) is 407 Å². The zero-order chi connectivity index (χ0) is 72.1. The van der Waals surface area contributed by atoms with Crippen molar-refractivity contribution in [3.63, 3.8) is 0 Å². The van der Waals surface area contributed by atoms with Crippen LogP contribution in [0.5, 0.6) is 0 Å². The van der Waals surface area contributed by atoms with Crippen LogP contribution in [0.2, 0.25) is 0 Å².